The van der Waals surface area contributed by atoms with Crippen molar-refractivity contribution in [3.63, 3.8) is 0 Å². The van der Waals surface area contributed by atoms with Gasteiger partial charge in [-0.25, -0.2) is 0 Å². The fraction of sp³-hybridized carbons (Fsp3) is 0.180. The summed E-state index contributed by atoms with van der Waals surface area (Å²) in [5.41, 5.74) is -28.9. The van der Waals surface area contributed by atoms with E-state index in [2.05, 4.69) is 6.07 Å². The van der Waals surface area contributed by atoms with E-state index in [0.717, 1.165) is 10.8 Å². The Bertz CT molecular complexity index is 2970. The first-order chi connectivity index (χ1) is 35.5. The smallest absolute Gasteiger partial charge is 0.287 e. The second-order valence-corrected chi connectivity index (χ2v) is 17.0. The number of carbonyl (C=O) groups is 1. The third-order valence-corrected chi connectivity index (χ3v) is 11.9. The number of hydrogen-bond donors (Lipinski definition) is 0. The molecule has 0 saturated heterocycles. The second kappa shape index (κ2) is 20.6. The molecule has 0 aliphatic heterocycles. The van der Waals surface area contributed by atoms with Crippen LogP contribution in [0.15, 0.2) is 140 Å². The van der Waals surface area contributed by atoms with Crippen LogP contribution >= 0.6 is 0 Å². The summed E-state index contributed by atoms with van der Waals surface area (Å²) in [6.45, 7) is 0.288. The van der Waals surface area contributed by atoms with E-state index >= 15 is 0 Å². The molecule has 0 aliphatic rings. The standard InChI is InChI=1S/C32H12BF24.C18H13N2O/c34-25(35,36)13-1-14(26(37,38)39)6-21(5-13)33(22-7-15(27(40,41)42)2-16(8-22)28(43,44)45,23-9-17(29(46,47)48)3-18(10-23)30(49,50)51)24-11-19(31(52,53)54)4-20(12-24)32(55,56)57;19-11-15-7-4-8-16-12-20(10-9-17(15)16)13-18(21)14-5-2-1-3-6-14/h1-12H;1-10,12H,13H2/q-1;+1. The van der Waals surface area contributed by atoms with Crippen LogP contribution in [0.3, 0.4) is 0 Å². The third-order valence-electron chi connectivity index (χ3n) is 11.9. The third kappa shape index (κ3) is 13.2. The van der Waals surface area contributed by atoms with Gasteiger partial charge in [0.2, 0.25) is 12.3 Å². The van der Waals surface area contributed by atoms with Crippen molar-refractivity contribution < 1.29 is 115 Å². The first-order valence-corrected chi connectivity index (χ1v) is 21.3. The van der Waals surface area contributed by atoms with Gasteiger partial charge in [-0.15, -0.1) is 0 Å². The Hall–Kier alpha value is -7.73. The van der Waals surface area contributed by atoms with Crippen LogP contribution in [-0.2, 0) is 56.0 Å². The maximum Gasteiger partial charge on any atom is 0.416 e. The Morgan fingerprint density at radius 2 is 0.692 bits per heavy atom. The van der Waals surface area contributed by atoms with Crippen molar-refractivity contribution in [2.45, 2.75) is 56.0 Å². The maximum absolute atomic E-state index is 14.2. The highest BCUT2D eigenvalue weighted by molar-refractivity contribution is 7.20. The number of pyridine rings is 1. The fourth-order valence-corrected chi connectivity index (χ4v) is 8.42. The van der Waals surface area contributed by atoms with Crippen molar-refractivity contribution in [3.05, 3.63) is 195 Å². The summed E-state index contributed by atoms with van der Waals surface area (Å²) >= 11 is 0. The van der Waals surface area contributed by atoms with Crippen LogP contribution < -0.4 is 26.4 Å². The van der Waals surface area contributed by atoms with E-state index in [1.165, 1.54) is 0 Å². The first-order valence-electron chi connectivity index (χ1n) is 21.3. The lowest BCUT2D eigenvalue weighted by molar-refractivity contribution is -0.681. The van der Waals surface area contributed by atoms with Gasteiger partial charge in [0, 0.05) is 22.4 Å². The minimum absolute atomic E-state index is 0.0661. The molecule has 1 aromatic heterocycles. The molecule has 412 valence electrons. The Kier molecular flexibility index (Phi) is 15.7. The molecule has 3 nitrogen and oxygen atoms in total. The monoisotopic (exact) mass is 1140 g/mol. The predicted molar refractivity (Wildman–Crippen MR) is 230 cm³/mol. The molecular weight excluding hydrogens is 1110 g/mol. The molecule has 0 N–H and O–H groups in total. The molecule has 28 heteroatoms. The molecule has 0 fully saturated rings. The van der Waals surface area contributed by atoms with Gasteiger partial charge < -0.3 is 0 Å². The van der Waals surface area contributed by atoms with Gasteiger partial charge in [0.05, 0.1) is 56.1 Å². The zero-order chi connectivity index (χ0) is 58.6. The number of ketones is 1. The quantitative estimate of drug-likeness (QED) is 0.0691. The maximum atomic E-state index is 14.2. The molecule has 0 unspecified atom stereocenters. The summed E-state index contributed by atoms with van der Waals surface area (Å²) in [4.78, 5) is 12.2. The number of nitrogens with zero attached hydrogens (tertiary/aromatic N) is 2. The highest BCUT2D eigenvalue weighted by Gasteiger charge is 2.47. The van der Waals surface area contributed by atoms with Crippen LogP contribution in [0.25, 0.3) is 10.8 Å². The van der Waals surface area contributed by atoms with Crippen LogP contribution in [0.5, 0.6) is 0 Å². The fourth-order valence-electron chi connectivity index (χ4n) is 8.42. The van der Waals surface area contributed by atoms with Crippen LogP contribution in [-0.4, -0.2) is 11.9 Å². The number of Topliss-reactive ketones (excluding diaryl/α,β-unsaturated/α-hetero) is 1. The van der Waals surface area contributed by atoms with Crippen LogP contribution in [0.2, 0.25) is 0 Å². The molecule has 78 heavy (non-hydrogen) atoms. The molecule has 0 aliphatic carbocycles. The van der Waals surface area contributed by atoms with Gasteiger partial charge in [-0.1, -0.05) is 84.9 Å². The van der Waals surface area contributed by atoms with E-state index in [4.69, 9.17) is 5.26 Å². The molecule has 0 bridgehead atoms. The molecule has 0 spiro atoms. The lowest BCUT2D eigenvalue weighted by Gasteiger charge is -2.46. The second-order valence-electron chi connectivity index (χ2n) is 17.0. The first kappa shape index (κ1) is 59.5. The summed E-state index contributed by atoms with van der Waals surface area (Å²) in [5.74, 6) is 0.0661. The van der Waals surface area contributed by atoms with Crippen molar-refractivity contribution in [1.29, 1.82) is 5.26 Å². The number of halogens is 24. The minimum Gasteiger partial charge on any atom is -0.287 e. The average molecular weight is 1140 g/mol. The summed E-state index contributed by atoms with van der Waals surface area (Å²) in [6, 6.07) is 10.1. The number of alkyl halides is 24. The summed E-state index contributed by atoms with van der Waals surface area (Å²) in [5, 5.41) is 10.9. The molecule has 0 radical (unpaired) electrons. The Balaban J connectivity index is 0.000000387. The lowest BCUT2D eigenvalue weighted by atomic mass is 9.12. The van der Waals surface area contributed by atoms with Crippen molar-refractivity contribution >= 4 is 44.6 Å². The number of hydrogen-bond acceptors (Lipinski definition) is 2. The van der Waals surface area contributed by atoms with Crippen LogP contribution in [0.4, 0.5) is 105 Å². The van der Waals surface area contributed by atoms with Gasteiger partial charge >= 0.3 is 49.4 Å². The van der Waals surface area contributed by atoms with Gasteiger partial charge in [-0.05, 0) is 36.4 Å². The molecule has 0 amide bonds. The number of fused-ring (bicyclic) bond motifs is 1. The number of carbonyl (C=O) groups excluding carboxylic acids is 1. The zero-order valence-electron chi connectivity index (χ0n) is 37.9. The Morgan fingerprint density at radius 3 is 0.962 bits per heavy atom. The Labute approximate surface area is 421 Å². The summed E-state index contributed by atoms with van der Waals surface area (Å²) in [6.07, 6.45) is -51.1. The van der Waals surface area contributed by atoms with Gasteiger partial charge in [0.15, 0.2) is 12.4 Å². The number of nitriles is 1. The van der Waals surface area contributed by atoms with E-state index in [9.17, 15) is 110 Å². The topological polar surface area (TPSA) is 44.7 Å². The van der Waals surface area contributed by atoms with Crippen molar-refractivity contribution in [1.82, 2.24) is 0 Å². The number of rotatable bonds is 7. The van der Waals surface area contributed by atoms with Gasteiger partial charge in [0.1, 0.15) is 6.15 Å². The zero-order valence-corrected chi connectivity index (χ0v) is 37.9. The van der Waals surface area contributed by atoms with Gasteiger partial charge in [-0.2, -0.15) is 137 Å². The summed E-state index contributed by atoms with van der Waals surface area (Å²) in [7, 11) is 0. The average Bonchev–Trinajstić information content (AvgIpc) is 3.36. The molecule has 0 atom stereocenters. The SMILES string of the molecule is FC(F)(F)c1cc([B-](c2cc(C(F)(F)F)cc(C(F)(F)F)c2)(c2cc(C(F)(F)F)cc(C(F)(F)F)c2)c2cc(C(F)(F)F)cc(C(F)(F)F)c2)cc(C(F)(F)F)c1.N#Cc1cccc2c[n+](CC(=O)c3ccccc3)ccc12. The molecule has 1 heterocycles. The molecule has 7 aromatic rings. The highest BCUT2D eigenvalue weighted by Crippen LogP contribution is 2.41. The normalized spacial score (nSPS) is 13.2. The van der Waals surface area contributed by atoms with Crippen molar-refractivity contribution in [2.75, 3.05) is 0 Å². The van der Waals surface area contributed by atoms with Crippen molar-refractivity contribution in [3.8, 4) is 6.07 Å². The predicted octanol–water partition coefficient (Wildman–Crippen LogP) is 14.1. The van der Waals surface area contributed by atoms with E-state index in [1.807, 2.05) is 65.5 Å². The van der Waals surface area contributed by atoms with E-state index in [-0.39, 0.29) is 12.3 Å². The minimum atomic E-state index is -6.13. The van der Waals surface area contributed by atoms with Crippen LogP contribution in [0, 0.1) is 11.3 Å². The lowest BCUT2D eigenvalue weighted by Crippen LogP contribution is -2.75. The molecule has 6 aromatic carbocycles. The Morgan fingerprint density at radius 1 is 0.397 bits per heavy atom. The number of aromatic nitrogens is 1. The van der Waals surface area contributed by atoms with Gasteiger partial charge in [-0.3, -0.25) is 4.79 Å². The molecule has 7 rings (SSSR count). The van der Waals surface area contributed by atoms with E-state index in [1.54, 1.807) is 6.07 Å². The molecular formula is C50H25BF24N2O. The summed E-state index contributed by atoms with van der Waals surface area (Å²) < 4.78 is 343. The van der Waals surface area contributed by atoms with Crippen LogP contribution in [0.1, 0.15) is 60.4 Å². The largest absolute Gasteiger partial charge is 0.416 e. The molecule has 0 saturated carbocycles. The van der Waals surface area contributed by atoms with E-state index in [0.29, 0.717) is 11.1 Å². The van der Waals surface area contributed by atoms with E-state index < -0.39 is 195 Å². The number of benzene rings is 6. The van der Waals surface area contributed by atoms with Crippen molar-refractivity contribution in [2.24, 2.45) is 0 Å². The highest BCUT2D eigenvalue weighted by atomic mass is 19.4. The van der Waals surface area contributed by atoms with Gasteiger partial charge in [0.25, 0.3) is 0 Å².